The summed E-state index contributed by atoms with van der Waals surface area (Å²) in [6.07, 6.45) is 5.03. The minimum Gasteiger partial charge on any atom is -0.358 e. The monoisotopic (exact) mass is 232 g/mol. The quantitative estimate of drug-likeness (QED) is 0.877. The Hall–Kier alpha value is -1.49. The number of nitrogens with one attached hydrogen (secondary N) is 1. The first-order valence-corrected chi connectivity index (χ1v) is 6.16. The molecule has 82 valence electrons. The number of nitrogens with zero attached hydrogens (tertiary/aromatic N) is 3. The van der Waals surface area contributed by atoms with Crippen molar-refractivity contribution in [2.24, 2.45) is 0 Å². The summed E-state index contributed by atoms with van der Waals surface area (Å²) in [5.41, 5.74) is 1.01. The van der Waals surface area contributed by atoms with Crippen LogP contribution in [0, 0.1) is 0 Å². The van der Waals surface area contributed by atoms with E-state index in [9.17, 15) is 0 Å². The SMILES string of the molecule is c1ccc(Cc2nsc(NC3CC3)n2)nc1. The molecule has 1 aliphatic carbocycles. The summed E-state index contributed by atoms with van der Waals surface area (Å²) in [7, 11) is 0. The van der Waals surface area contributed by atoms with Crippen LogP contribution in [0.3, 0.4) is 0 Å². The predicted octanol–water partition coefficient (Wildman–Crippen LogP) is 2.10. The van der Waals surface area contributed by atoms with Gasteiger partial charge in [0.1, 0.15) is 0 Å². The molecule has 1 saturated carbocycles. The van der Waals surface area contributed by atoms with Gasteiger partial charge in [-0.3, -0.25) is 4.98 Å². The van der Waals surface area contributed by atoms with Gasteiger partial charge in [0, 0.05) is 29.5 Å². The lowest BCUT2D eigenvalue weighted by Crippen LogP contribution is -2.00. The second-order valence-corrected chi connectivity index (χ2v) is 4.68. The Morgan fingerprint density at radius 2 is 2.31 bits per heavy atom. The zero-order chi connectivity index (χ0) is 10.8. The van der Waals surface area contributed by atoms with E-state index in [4.69, 9.17) is 0 Å². The molecule has 0 amide bonds. The molecule has 3 rings (SSSR count). The van der Waals surface area contributed by atoms with Gasteiger partial charge < -0.3 is 5.32 Å². The standard InChI is InChI=1S/C11H12N4S/c1-2-6-12-9(3-1)7-10-14-11(16-15-10)13-8-4-5-8/h1-3,6,8H,4-5,7H2,(H,13,14,15). The first-order chi connectivity index (χ1) is 7.90. The largest absolute Gasteiger partial charge is 0.358 e. The van der Waals surface area contributed by atoms with E-state index in [2.05, 4.69) is 19.7 Å². The Balaban J connectivity index is 1.67. The summed E-state index contributed by atoms with van der Waals surface area (Å²) in [6.45, 7) is 0. The van der Waals surface area contributed by atoms with Crippen molar-refractivity contribution in [2.75, 3.05) is 5.32 Å². The zero-order valence-corrected chi connectivity index (χ0v) is 9.57. The number of pyridine rings is 1. The Labute approximate surface area is 97.9 Å². The van der Waals surface area contributed by atoms with E-state index < -0.39 is 0 Å². The molecule has 0 aromatic carbocycles. The van der Waals surface area contributed by atoms with Crippen molar-refractivity contribution in [3.63, 3.8) is 0 Å². The van der Waals surface area contributed by atoms with Gasteiger partial charge in [-0.25, -0.2) is 4.98 Å². The summed E-state index contributed by atoms with van der Waals surface area (Å²) in [5.74, 6) is 0.854. The van der Waals surface area contributed by atoms with Crippen molar-refractivity contribution in [1.82, 2.24) is 14.3 Å². The summed E-state index contributed by atoms with van der Waals surface area (Å²) in [5, 5.41) is 4.28. The topological polar surface area (TPSA) is 50.7 Å². The molecule has 1 N–H and O–H groups in total. The molecule has 0 aliphatic heterocycles. The van der Waals surface area contributed by atoms with Gasteiger partial charge in [0.25, 0.3) is 0 Å². The predicted molar refractivity (Wildman–Crippen MR) is 63.6 cm³/mol. The zero-order valence-electron chi connectivity index (χ0n) is 8.76. The molecule has 4 nitrogen and oxygen atoms in total. The van der Waals surface area contributed by atoms with Crippen molar-refractivity contribution in [1.29, 1.82) is 0 Å². The average molecular weight is 232 g/mol. The molecule has 0 radical (unpaired) electrons. The van der Waals surface area contributed by atoms with E-state index in [1.54, 1.807) is 6.20 Å². The van der Waals surface area contributed by atoms with Crippen LogP contribution in [0.15, 0.2) is 24.4 Å². The van der Waals surface area contributed by atoms with Gasteiger partial charge in [0.15, 0.2) is 5.82 Å². The first kappa shape index (κ1) is 9.72. The van der Waals surface area contributed by atoms with Crippen LogP contribution in [0.5, 0.6) is 0 Å². The molecule has 16 heavy (non-hydrogen) atoms. The molecule has 0 unspecified atom stereocenters. The van der Waals surface area contributed by atoms with E-state index >= 15 is 0 Å². The van der Waals surface area contributed by atoms with Crippen LogP contribution < -0.4 is 5.32 Å². The molecule has 2 aromatic rings. The average Bonchev–Trinajstić information content (AvgIpc) is 3.01. The lowest BCUT2D eigenvalue weighted by molar-refractivity contribution is 0.980. The fourth-order valence-electron chi connectivity index (χ4n) is 1.45. The molecule has 2 aromatic heterocycles. The first-order valence-electron chi connectivity index (χ1n) is 5.39. The molecule has 0 atom stereocenters. The van der Waals surface area contributed by atoms with Crippen LogP contribution in [0.25, 0.3) is 0 Å². The van der Waals surface area contributed by atoms with Crippen molar-refractivity contribution in [2.45, 2.75) is 25.3 Å². The van der Waals surface area contributed by atoms with Crippen LogP contribution in [0.2, 0.25) is 0 Å². The van der Waals surface area contributed by atoms with Gasteiger partial charge in [0.2, 0.25) is 5.13 Å². The third-order valence-corrected chi connectivity index (χ3v) is 3.12. The molecule has 1 fully saturated rings. The minimum atomic E-state index is 0.635. The van der Waals surface area contributed by atoms with Crippen LogP contribution in [-0.2, 0) is 6.42 Å². The summed E-state index contributed by atoms with van der Waals surface area (Å²) in [4.78, 5) is 8.70. The van der Waals surface area contributed by atoms with E-state index in [0.717, 1.165) is 16.6 Å². The number of hydrogen-bond acceptors (Lipinski definition) is 5. The van der Waals surface area contributed by atoms with Crippen molar-refractivity contribution in [3.8, 4) is 0 Å². The van der Waals surface area contributed by atoms with Crippen LogP contribution in [-0.4, -0.2) is 20.4 Å². The number of rotatable bonds is 4. The summed E-state index contributed by atoms with van der Waals surface area (Å²) < 4.78 is 4.32. The lowest BCUT2D eigenvalue weighted by atomic mass is 10.3. The molecular weight excluding hydrogens is 220 g/mol. The maximum atomic E-state index is 4.44. The Morgan fingerprint density at radius 1 is 1.38 bits per heavy atom. The number of hydrogen-bond donors (Lipinski definition) is 1. The molecule has 0 saturated heterocycles. The fraction of sp³-hybridized carbons (Fsp3) is 0.364. The van der Waals surface area contributed by atoms with Crippen LogP contribution >= 0.6 is 11.5 Å². The highest BCUT2D eigenvalue weighted by atomic mass is 32.1. The maximum Gasteiger partial charge on any atom is 0.202 e. The molecular formula is C11H12N4S. The Morgan fingerprint density at radius 3 is 3.06 bits per heavy atom. The highest BCUT2D eigenvalue weighted by molar-refractivity contribution is 7.09. The van der Waals surface area contributed by atoms with Crippen molar-refractivity contribution >= 4 is 16.7 Å². The van der Waals surface area contributed by atoms with Crippen molar-refractivity contribution in [3.05, 3.63) is 35.9 Å². The maximum absolute atomic E-state index is 4.44. The minimum absolute atomic E-state index is 0.635. The second-order valence-electron chi connectivity index (χ2n) is 3.93. The summed E-state index contributed by atoms with van der Waals surface area (Å²) >= 11 is 1.44. The van der Waals surface area contributed by atoms with Gasteiger partial charge in [-0.1, -0.05) is 6.07 Å². The number of aromatic nitrogens is 3. The molecule has 0 spiro atoms. The third-order valence-electron chi connectivity index (χ3n) is 2.44. The Bertz CT molecular complexity index is 464. The fourth-order valence-corrected chi connectivity index (χ4v) is 2.11. The highest BCUT2D eigenvalue weighted by Crippen LogP contribution is 2.25. The van der Waals surface area contributed by atoms with Gasteiger partial charge in [-0.05, 0) is 25.0 Å². The van der Waals surface area contributed by atoms with Crippen molar-refractivity contribution < 1.29 is 0 Å². The van der Waals surface area contributed by atoms with Gasteiger partial charge in [-0.15, -0.1) is 0 Å². The third kappa shape index (κ3) is 2.36. The van der Waals surface area contributed by atoms with E-state index in [1.165, 1.54) is 24.4 Å². The summed E-state index contributed by atoms with van der Waals surface area (Å²) in [6, 6.07) is 6.53. The number of anilines is 1. The smallest absolute Gasteiger partial charge is 0.202 e. The van der Waals surface area contributed by atoms with E-state index in [-0.39, 0.29) is 0 Å². The van der Waals surface area contributed by atoms with E-state index in [1.807, 2.05) is 18.2 Å². The molecule has 5 heteroatoms. The lowest BCUT2D eigenvalue weighted by Gasteiger charge is -1.96. The molecule has 2 heterocycles. The normalized spacial score (nSPS) is 15.0. The van der Waals surface area contributed by atoms with Crippen LogP contribution in [0.1, 0.15) is 24.4 Å². The Kier molecular flexibility index (Phi) is 2.53. The van der Waals surface area contributed by atoms with Crippen LogP contribution in [0.4, 0.5) is 5.13 Å². The molecule has 1 aliphatic rings. The van der Waals surface area contributed by atoms with Gasteiger partial charge >= 0.3 is 0 Å². The van der Waals surface area contributed by atoms with Gasteiger partial charge in [0.05, 0.1) is 6.42 Å². The highest BCUT2D eigenvalue weighted by Gasteiger charge is 2.22. The molecule has 0 bridgehead atoms. The second kappa shape index (κ2) is 4.17. The van der Waals surface area contributed by atoms with Gasteiger partial charge in [-0.2, -0.15) is 4.37 Å². The van der Waals surface area contributed by atoms with E-state index in [0.29, 0.717) is 12.5 Å².